The average Bonchev–Trinajstić information content (AvgIpc) is 2.55. The van der Waals surface area contributed by atoms with Crippen LogP contribution in [0.4, 0.5) is 0 Å². The standard InChI is InChI=1S/C17H25NO3/c1-18(12-6-4-3-5-7-12)15-11-21-16-9-8-13(20-2)10-14(16)17(15)19/h8-10,12,15,17,19H,3-7,11H2,1-2H3. The Morgan fingerprint density at radius 1 is 1.24 bits per heavy atom. The van der Waals surface area contributed by atoms with Gasteiger partial charge in [-0.25, -0.2) is 0 Å². The normalized spacial score (nSPS) is 26.3. The van der Waals surface area contributed by atoms with Gasteiger partial charge in [0.2, 0.25) is 0 Å². The van der Waals surface area contributed by atoms with Crippen LogP contribution in [0.3, 0.4) is 0 Å². The first-order chi connectivity index (χ1) is 10.2. The number of rotatable bonds is 3. The van der Waals surface area contributed by atoms with Crippen LogP contribution in [-0.2, 0) is 0 Å². The smallest absolute Gasteiger partial charge is 0.125 e. The summed E-state index contributed by atoms with van der Waals surface area (Å²) in [6.07, 6.45) is 5.87. The Labute approximate surface area is 126 Å². The van der Waals surface area contributed by atoms with E-state index in [4.69, 9.17) is 9.47 Å². The molecule has 2 atom stereocenters. The summed E-state index contributed by atoms with van der Waals surface area (Å²) in [5, 5.41) is 10.8. The molecule has 1 fully saturated rings. The first-order valence-corrected chi connectivity index (χ1v) is 7.91. The van der Waals surface area contributed by atoms with Gasteiger partial charge in [0, 0.05) is 11.6 Å². The lowest BCUT2D eigenvalue weighted by molar-refractivity contribution is -0.0101. The van der Waals surface area contributed by atoms with E-state index in [0.717, 1.165) is 17.1 Å². The predicted octanol–water partition coefficient (Wildman–Crippen LogP) is 2.75. The molecule has 0 amide bonds. The summed E-state index contributed by atoms with van der Waals surface area (Å²) in [6.45, 7) is 0.549. The molecule has 0 spiro atoms. The number of benzene rings is 1. The Bertz CT molecular complexity index is 485. The lowest BCUT2D eigenvalue weighted by Crippen LogP contribution is -2.49. The molecule has 1 aliphatic heterocycles. The maximum Gasteiger partial charge on any atom is 0.125 e. The van der Waals surface area contributed by atoms with Crippen LogP contribution in [0, 0.1) is 0 Å². The van der Waals surface area contributed by atoms with Crippen LogP contribution in [0.15, 0.2) is 18.2 Å². The van der Waals surface area contributed by atoms with Crippen molar-refractivity contribution in [1.29, 1.82) is 0 Å². The molecule has 21 heavy (non-hydrogen) atoms. The molecular formula is C17H25NO3. The lowest BCUT2D eigenvalue weighted by atomic mass is 9.91. The van der Waals surface area contributed by atoms with Gasteiger partial charge < -0.3 is 14.6 Å². The van der Waals surface area contributed by atoms with E-state index in [1.54, 1.807) is 7.11 Å². The van der Waals surface area contributed by atoms with Crippen LogP contribution in [0.5, 0.6) is 11.5 Å². The van der Waals surface area contributed by atoms with Crippen molar-refractivity contribution in [3.63, 3.8) is 0 Å². The third-order valence-electron chi connectivity index (χ3n) is 4.98. The molecule has 4 nitrogen and oxygen atoms in total. The van der Waals surface area contributed by atoms with Crippen molar-refractivity contribution in [1.82, 2.24) is 4.90 Å². The van der Waals surface area contributed by atoms with Crippen LogP contribution in [0.2, 0.25) is 0 Å². The quantitative estimate of drug-likeness (QED) is 0.930. The fraction of sp³-hybridized carbons (Fsp3) is 0.647. The van der Waals surface area contributed by atoms with E-state index in [1.807, 2.05) is 18.2 Å². The second kappa shape index (κ2) is 6.24. The van der Waals surface area contributed by atoms with Crippen molar-refractivity contribution in [3.05, 3.63) is 23.8 Å². The van der Waals surface area contributed by atoms with Crippen molar-refractivity contribution in [3.8, 4) is 11.5 Å². The van der Waals surface area contributed by atoms with Gasteiger partial charge in [-0.05, 0) is 38.1 Å². The Morgan fingerprint density at radius 2 is 2.00 bits per heavy atom. The van der Waals surface area contributed by atoms with Crippen LogP contribution >= 0.6 is 0 Å². The SMILES string of the molecule is COc1ccc2c(c1)C(O)C(N(C)C1CCCCC1)CO2. The highest BCUT2D eigenvalue weighted by Crippen LogP contribution is 2.37. The zero-order chi connectivity index (χ0) is 14.8. The third-order valence-corrected chi connectivity index (χ3v) is 4.98. The number of likely N-dealkylation sites (N-methyl/N-ethyl adjacent to an activating group) is 1. The average molecular weight is 291 g/mol. The summed E-state index contributed by atoms with van der Waals surface area (Å²) in [4.78, 5) is 2.33. The van der Waals surface area contributed by atoms with Gasteiger partial charge in [-0.15, -0.1) is 0 Å². The van der Waals surface area contributed by atoms with Gasteiger partial charge in [0.15, 0.2) is 0 Å². The largest absolute Gasteiger partial charge is 0.497 e. The summed E-state index contributed by atoms with van der Waals surface area (Å²) in [5.41, 5.74) is 0.841. The van der Waals surface area contributed by atoms with Gasteiger partial charge >= 0.3 is 0 Å². The highest BCUT2D eigenvalue weighted by molar-refractivity contribution is 5.43. The Hall–Kier alpha value is -1.26. The van der Waals surface area contributed by atoms with Gasteiger partial charge in [0.25, 0.3) is 0 Å². The summed E-state index contributed by atoms with van der Waals surface area (Å²) < 4.78 is 11.1. The van der Waals surface area contributed by atoms with Crippen molar-refractivity contribution >= 4 is 0 Å². The zero-order valence-corrected chi connectivity index (χ0v) is 12.9. The molecule has 3 rings (SSSR count). The number of aliphatic hydroxyl groups is 1. The van der Waals surface area contributed by atoms with E-state index in [0.29, 0.717) is 12.6 Å². The maximum atomic E-state index is 10.8. The van der Waals surface area contributed by atoms with Crippen LogP contribution in [-0.4, -0.2) is 42.9 Å². The molecule has 1 aromatic carbocycles. The monoisotopic (exact) mass is 291 g/mol. The fourth-order valence-corrected chi connectivity index (χ4v) is 3.59. The molecule has 1 aliphatic carbocycles. The van der Waals surface area contributed by atoms with Crippen LogP contribution < -0.4 is 9.47 Å². The third kappa shape index (κ3) is 2.87. The Balaban J connectivity index is 1.78. The molecule has 2 unspecified atom stereocenters. The van der Waals surface area contributed by atoms with Gasteiger partial charge in [0.1, 0.15) is 24.2 Å². The number of methoxy groups -OCH3 is 1. The summed E-state index contributed by atoms with van der Waals surface area (Å²) in [5.74, 6) is 1.54. The summed E-state index contributed by atoms with van der Waals surface area (Å²) >= 11 is 0. The molecule has 0 saturated heterocycles. The molecule has 1 N–H and O–H groups in total. The zero-order valence-electron chi connectivity index (χ0n) is 12.9. The van der Waals surface area contributed by atoms with Crippen molar-refractivity contribution in [2.75, 3.05) is 20.8 Å². The molecule has 0 bridgehead atoms. The van der Waals surface area contributed by atoms with E-state index in [9.17, 15) is 5.11 Å². The fourth-order valence-electron chi connectivity index (χ4n) is 3.59. The molecular weight excluding hydrogens is 266 g/mol. The second-order valence-corrected chi connectivity index (χ2v) is 6.18. The minimum absolute atomic E-state index is 0.0210. The van der Waals surface area contributed by atoms with Crippen LogP contribution in [0.25, 0.3) is 0 Å². The molecule has 0 aromatic heterocycles. The van der Waals surface area contributed by atoms with Gasteiger partial charge in [-0.1, -0.05) is 19.3 Å². The maximum absolute atomic E-state index is 10.8. The van der Waals surface area contributed by atoms with Crippen LogP contribution in [0.1, 0.15) is 43.8 Å². The number of ether oxygens (including phenoxy) is 2. The molecule has 116 valence electrons. The summed E-state index contributed by atoms with van der Waals surface area (Å²) in [6, 6.07) is 6.23. The summed E-state index contributed by atoms with van der Waals surface area (Å²) in [7, 11) is 3.77. The van der Waals surface area contributed by atoms with Gasteiger partial charge in [-0.2, -0.15) is 0 Å². The number of aliphatic hydroxyl groups excluding tert-OH is 1. The highest BCUT2D eigenvalue weighted by Gasteiger charge is 2.35. The van der Waals surface area contributed by atoms with E-state index < -0.39 is 6.10 Å². The minimum Gasteiger partial charge on any atom is -0.497 e. The Kier molecular flexibility index (Phi) is 4.36. The first kappa shape index (κ1) is 14.7. The van der Waals surface area contributed by atoms with Crippen molar-refractivity contribution < 1.29 is 14.6 Å². The molecule has 1 saturated carbocycles. The molecule has 1 heterocycles. The number of nitrogens with zero attached hydrogens (tertiary/aromatic N) is 1. The van der Waals surface area contributed by atoms with Crippen molar-refractivity contribution in [2.24, 2.45) is 0 Å². The number of fused-ring (bicyclic) bond motifs is 1. The van der Waals surface area contributed by atoms with E-state index >= 15 is 0 Å². The highest BCUT2D eigenvalue weighted by atomic mass is 16.5. The van der Waals surface area contributed by atoms with E-state index in [2.05, 4.69) is 11.9 Å². The molecule has 0 radical (unpaired) electrons. The van der Waals surface area contributed by atoms with E-state index in [-0.39, 0.29) is 6.04 Å². The first-order valence-electron chi connectivity index (χ1n) is 7.91. The van der Waals surface area contributed by atoms with Gasteiger partial charge in [-0.3, -0.25) is 4.90 Å². The number of hydrogen-bond donors (Lipinski definition) is 1. The van der Waals surface area contributed by atoms with E-state index in [1.165, 1.54) is 32.1 Å². The molecule has 4 heteroatoms. The van der Waals surface area contributed by atoms with Crippen molar-refractivity contribution in [2.45, 2.75) is 50.3 Å². The number of hydrogen-bond acceptors (Lipinski definition) is 4. The molecule has 1 aromatic rings. The topological polar surface area (TPSA) is 41.9 Å². The minimum atomic E-state index is -0.518. The Morgan fingerprint density at radius 3 is 2.71 bits per heavy atom. The second-order valence-electron chi connectivity index (χ2n) is 6.18. The van der Waals surface area contributed by atoms with Gasteiger partial charge in [0.05, 0.1) is 13.2 Å². The predicted molar refractivity (Wildman–Crippen MR) is 81.9 cm³/mol. The molecule has 2 aliphatic rings. The lowest BCUT2D eigenvalue weighted by Gasteiger charge is -2.41.